The summed E-state index contributed by atoms with van der Waals surface area (Å²) in [4.78, 5) is 19.8. The van der Waals surface area contributed by atoms with Gasteiger partial charge >= 0.3 is 11.9 Å². The Kier molecular flexibility index (Phi) is 6.87. The van der Waals surface area contributed by atoms with E-state index in [2.05, 4.69) is 15.3 Å². The summed E-state index contributed by atoms with van der Waals surface area (Å²) in [6.07, 6.45) is -3.70. The SMILES string of the molecule is N#CCCN(CCC#N)c1ncnc(Nc2ccccc2C(F)(F)F)c1[N+](=O)[O-]. The van der Waals surface area contributed by atoms with Gasteiger partial charge in [-0.15, -0.1) is 0 Å². The highest BCUT2D eigenvalue weighted by Gasteiger charge is 2.34. The second kappa shape index (κ2) is 9.32. The smallest absolute Gasteiger partial charge is 0.349 e. The standard InChI is InChI=1S/C17H14F3N7O2/c18-17(19,20)12-5-1-2-6-13(12)25-15-14(27(28)29)16(24-11-23-15)26(9-3-7-21)10-4-8-22/h1-2,5-6,11H,3-4,9-10H2,(H,23,24,25). The highest BCUT2D eigenvalue weighted by Crippen LogP contribution is 2.38. The van der Waals surface area contributed by atoms with Crippen molar-refractivity contribution in [2.45, 2.75) is 19.0 Å². The molecule has 0 unspecified atom stereocenters. The van der Waals surface area contributed by atoms with E-state index in [1.807, 2.05) is 12.1 Å². The molecule has 2 rings (SSSR count). The van der Waals surface area contributed by atoms with Gasteiger partial charge in [0.2, 0.25) is 11.6 Å². The fourth-order valence-corrected chi connectivity index (χ4v) is 2.52. The van der Waals surface area contributed by atoms with Gasteiger partial charge in [0.25, 0.3) is 0 Å². The molecule has 0 aliphatic carbocycles. The summed E-state index contributed by atoms with van der Waals surface area (Å²) in [5, 5.41) is 31.6. The van der Waals surface area contributed by atoms with Crippen LogP contribution in [0.2, 0.25) is 0 Å². The van der Waals surface area contributed by atoms with Gasteiger partial charge in [0.15, 0.2) is 0 Å². The van der Waals surface area contributed by atoms with Gasteiger partial charge in [0, 0.05) is 13.1 Å². The number of nitro groups is 1. The maximum absolute atomic E-state index is 13.2. The Labute approximate surface area is 163 Å². The zero-order chi connectivity index (χ0) is 21.4. The maximum atomic E-state index is 13.2. The van der Waals surface area contributed by atoms with Gasteiger partial charge in [-0.2, -0.15) is 23.7 Å². The summed E-state index contributed by atoms with van der Waals surface area (Å²) in [7, 11) is 0. The first kappa shape index (κ1) is 21.4. The number of hydrogen-bond acceptors (Lipinski definition) is 8. The summed E-state index contributed by atoms with van der Waals surface area (Å²) >= 11 is 0. The Morgan fingerprint density at radius 2 is 1.76 bits per heavy atom. The third-order valence-corrected chi connectivity index (χ3v) is 3.76. The van der Waals surface area contributed by atoms with Crippen molar-refractivity contribution in [1.29, 1.82) is 10.5 Å². The lowest BCUT2D eigenvalue weighted by molar-refractivity contribution is -0.383. The molecule has 1 aromatic carbocycles. The van der Waals surface area contributed by atoms with E-state index >= 15 is 0 Å². The second-order valence-electron chi connectivity index (χ2n) is 5.62. The molecule has 29 heavy (non-hydrogen) atoms. The number of nitrogens with zero attached hydrogens (tertiary/aromatic N) is 6. The van der Waals surface area contributed by atoms with Crippen molar-refractivity contribution in [2.24, 2.45) is 0 Å². The van der Waals surface area contributed by atoms with Gasteiger partial charge in [-0.05, 0) is 12.1 Å². The first-order valence-electron chi connectivity index (χ1n) is 8.21. The van der Waals surface area contributed by atoms with Gasteiger partial charge < -0.3 is 10.2 Å². The minimum Gasteiger partial charge on any atom is -0.349 e. The molecule has 0 bridgehead atoms. The van der Waals surface area contributed by atoms with Gasteiger partial charge in [-0.1, -0.05) is 12.1 Å². The second-order valence-corrected chi connectivity index (χ2v) is 5.62. The number of nitrogens with one attached hydrogen (secondary N) is 1. The Hall–Kier alpha value is -3.93. The Morgan fingerprint density at radius 3 is 2.31 bits per heavy atom. The Balaban J connectivity index is 2.53. The zero-order valence-corrected chi connectivity index (χ0v) is 14.8. The number of alkyl halides is 3. The normalized spacial score (nSPS) is 10.7. The lowest BCUT2D eigenvalue weighted by Crippen LogP contribution is -2.27. The Bertz CT molecular complexity index is 949. The van der Waals surface area contributed by atoms with Gasteiger partial charge in [-0.25, -0.2) is 9.97 Å². The summed E-state index contributed by atoms with van der Waals surface area (Å²) < 4.78 is 39.7. The molecule has 0 spiro atoms. The van der Waals surface area contributed by atoms with E-state index in [-0.39, 0.29) is 31.7 Å². The van der Waals surface area contributed by atoms with Crippen LogP contribution in [0.5, 0.6) is 0 Å². The highest BCUT2D eigenvalue weighted by atomic mass is 19.4. The monoisotopic (exact) mass is 405 g/mol. The predicted molar refractivity (Wildman–Crippen MR) is 96.1 cm³/mol. The zero-order valence-electron chi connectivity index (χ0n) is 14.8. The van der Waals surface area contributed by atoms with Gasteiger partial charge in [0.1, 0.15) is 6.33 Å². The van der Waals surface area contributed by atoms with Crippen molar-refractivity contribution >= 4 is 23.0 Å². The largest absolute Gasteiger partial charge is 0.418 e. The number of anilines is 3. The molecule has 0 saturated carbocycles. The van der Waals surface area contributed by atoms with E-state index in [4.69, 9.17) is 10.5 Å². The minimum atomic E-state index is -4.68. The number of halogens is 3. The maximum Gasteiger partial charge on any atom is 0.418 e. The van der Waals surface area contributed by atoms with Crippen molar-refractivity contribution in [1.82, 2.24) is 9.97 Å². The van der Waals surface area contributed by atoms with E-state index < -0.39 is 33.9 Å². The van der Waals surface area contributed by atoms with E-state index in [0.29, 0.717) is 0 Å². The van der Waals surface area contributed by atoms with E-state index in [0.717, 1.165) is 18.5 Å². The molecule has 1 N–H and O–H groups in total. The number of benzene rings is 1. The van der Waals surface area contributed by atoms with Crippen LogP contribution in [0.1, 0.15) is 18.4 Å². The molecule has 0 saturated heterocycles. The lowest BCUT2D eigenvalue weighted by Gasteiger charge is -2.22. The molecular formula is C17H14F3N7O2. The quantitative estimate of drug-likeness (QED) is 0.518. The van der Waals surface area contributed by atoms with Crippen molar-refractivity contribution < 1.29 is 18.1 Å². The third-order valence-electron chi connectivity index (χ3n) is 3.76. The topological polar surface area (TPSA) is 132 Å². The first-order valence-corrected chi connectivity index (χ1v) is 8.21. The number of aromatic nitrogens is 2. The van der Waals surface area contributed by atoms with Crippen LogP contribution in [0.15, 0.2) is 30.6 Å². The van der Waals surface area contributed by atoms with Crippen molar-refractivity contribution in [3.8, 4) is 12.1 Å². The van der Waals surface area contributed by atoms with Crippen LogP contribution >= 0.6 is 0 Å². The number of hydrogen-bond donors (Lipinski definition) is 1. The van der Waals surface area contributed by atoms with Crippen LogP contribution in [0.3, 0.4) is 0 Å². The van der Waals surface area contributed by atoms with Gasteiger partial charge in [0.05, 0.1) is 41.2 Å². The molecule has 0 aliphatic rings. The first-order chi connectivity index (χ1) is 13.8. The predicted octanol–water partition coefficient (Wildman–Crippen LogP) is 3.78. The molecule has 1 heterocycles. The van der Waals surface area contributed by atoms with Crippen LogP contribution in [0.25, 0.3) is 0 Å². The molecule has 0 aliphatic heterocycles. The van der Waals surface area contributed by atoms with Crippen LogP contribution in [0, 0.1) is 32.8 Å². The average Bonchev–Trinajstić information content (AvgIpc) is 2.67. The lowest BCUT2D eigenvalue weighted by atomic mass is 10.1. The molecule has 12 heteroatoms. The molecule has 1 aromatic heterocycles. The average molecular weight is 405 g/mol. The van der Waals surface area contributed by atoms with Crippen LogP contribution < -0.4 is 10.2 Å². The molecule has 0 amide bonds. The van der Waals surface area contributed by atoms with Gasteiger partial charge in [-0.3, -0.25) is 10.1 Å². The van der Waals surface area contributed by atoms with E-state index in [1.54, 1.807) is 0 Å². The molecule has 150 valence electrons. The summed E-state index contributed by atoms with van der Waals surface area (Å²) in [5.74, 6) is -0.627. The highest BCUT2D eigenvalue weighted by molar-refractivity contribution is 5.75. The third kappa shape index (κ3) is 5.29. The van der Waals surface area contributed by atoms with Crippen LogP contribution in [0.4, 0.5) is 36.2 Å². The van der Waals surface area contributed by atoms with Crippen molar-refractivity contribution in [3.63, 3.8) is 0 Å². The minimum absolute atomic E-state index is 0.00621. The molecule has 2 aromatic rings. The molecular weight excluding hydrogens is 391 g/mol. The van der Waals surface area contributed by atoms with Crippen LogP contribution in [-0.4, -0.2) is 28.0 Å². The number of nitriles is 2. The van der Waals surface area contributed by atoms with Crippen LogP contribution in [-0.2, 0) is 6.18 Å². The fourth-order valence-electron chi connectivity index (χ4n) is 2.52. The number of para-hydroxylation sites is 1. The van der Waals surface area contributed by atoms with E-state index in [1.165, 1.54) is 17.0 Å². The van der Waals surface area contributed by atoms with Crippen molar-refractivity contribution in [3.05, 3.63) is 46.3 Å². The van der Waals surface area contributed by atoms with E-state index in [9.17, 15) is 23.3 Å². The Morgan fingerprint density at radius 1 is 1.14 bits per heavy atom. The van der Waals surface area contributed by atoms with Crippen molar-refractivity contribution in [2.75, 3.05) is 23.3 Å². The summed E-state index contributed by atoms with van der Waals surface area (Å²) in [6.45, 7) is 0.100. The molecule has 9 nitrogen and oxygen atoms in total. The molecule has 0 atom stereocenters. The fraction of sp³-hybridized carbons (Fsp3) is 0.294. The summed E-state index contributed by atoms with van der Waals surface area (Å²) in [6, 6.07) is 8.28. The molecule has 0 radical (unpaired) electrons. The number of rotatable bonds is 8. The molecule has 0 fully saturated rings. The summed E-state index contributed by atoms with van der Waals surface area (Å²) in [5.41, 5.74) is -2.08.